The smallest absolute Gasteiger partial charge is 0.338 e. The third-order valence-electron chi connectivity index (χ3n) is 3.87. The third-order valence-corrected chi connectivity index (χ3v) is 4.09. The molecule has 3 rings (SSSR count). The molecule has 0 fully saturated rings. The van der Waals surface area contributed by atoms with Crippen molar-refractivity contribution < 1.29 is 19.1 Å². The topological polar surface area (TPSA) is 97.4 Å². The monoisotopic (exact) mass is 373 g/mol. The van der Waals surface area contributed by atoms with E-state index in [-0.39, 0.29) is 5.91 Å². The number of carbonyl (C=O) groups excluding carboxylic acids is 3. The summed E-state index contributed by atoms with van der Waals surface area (Å²) >= 11 is 5.74. The van der Waals surface area contributed by atoms with Crippen LogP contribution in [0.1, 0.15) is 29.3 Å². The molecule has 0 saturated heterocycles. The highest BCUT2D eigenvalue weighted by Gasteiger charge is 2.21. The molecule has 26 heavy (non-hydrogen) atoms. The predicted octanol–water partition coefficient (Wildman–Crippen LogP) is 2.80. The summed E-state index contributed by atoms with van der Waals surface area (Å²) in [7, 11) is 0. The second kappa shape index (κ2) is 7.53. The predicted molar refractivity (Wildman–Crippen MR) is 96.1 cm³/mol. The van der Waals surface area contributed by atoms with Gasteiger partial charge in [0.2, 0.25) is 5.91 Å². The number of amides is 2. The number of rotatable bonds is 4. The Morgan fingerprint density at radius 3 is 2.81 bits per heavy atom. The molecule has 1 aromatic heterocycles. The van der Waals surface area contributed by atoms with E-state index in [0.717, 1.165) is 5.56 Å². The normalized spacial score (nSPS) is 14.0. The summed E-state index contributed by atoms with van der Waals surface area (Å²) < 4.78 is 5.21. The molecule has 0 aliphatic carbocycles. The van der Waals surface area contributed by atoms with Crippen molar-refractivity contribution in [2.75, 3.05) is 10.6 Å². The maximum Gasteiger partial charge on any atom is 0.338 e. The number of ether oxygens (including phenoxy) is 1. The molecule has 2 aromatic rings. The fraction of sp³-hybridized carbons (Fsp3) is 0.222. The van der Waals surface area contributed by atoms with E-state index >= 15 is 0 Å². The summed E-state index contributed by atoms with van der Waals surface area (Å²) in [5, 5.41) is 5.74. The Morgan fingerprint density at radius 2 is 2.08 bits per heavy atom. The number of nitrogens with one attached hydrogen (secondary N) is 2. The average molecular weight is 374 g/mol. The van der Waals surface area contributed by atoms with E-state index in [4.69, 9.17) is 16.3 Å². The summed E-state index contributed by atoms with van der Waals surface area (Å²) in [6.07, 6.45) is 1.33. The first kappa shape index (κ1) is 17.9. The van der Waals surface area contributed by atoms with Crippen LogP contribution in [0.3, 0.4) is 0 Å². The van der Waals surface area contributed by atoms with Crippen molar-refractivity contribution in [3.05, 3.63) is 52.7 Å². The van der Waals surface area contributed by atoms with Gasteiger partial charge in [0.25, 0.3) is 5.91 Å². The number of hydrogen-bond acceptors (Lipinski definition) is 5. The van der Waals surface area contributed by atoms with Gasteiger partial charge in [0.15, 0.2) is 6.10 Å². The minimum absolute atomic E-state index is 0.0473. The van der Waals surface area contributed by atoms with Crippen LogP contribution in [-0.4, -0.2) is 28.9 Å². The van der Waals surface area contributed by atoms with Crippen molar-refractivity contribution in [2.24, 2.45) is 0 Å². The lowest BCUT2D eigenvalue weighted by Crippen LogP contribution is -2.30. The molecular formula is C18H16ClN3O4. The molecule has 0 saturated carbocycles. The summed E-state index contributed by atoms with van der Waals surface area (Å²) in [4.78, 5) is 39.7. The van der Waals surface area contributed by atoms with Gasteiger partial charge in [0, 0.05) is 18.3 Å². The van der Waals surface area contributed by atoms with Crippen molar-refractivity contribution >= 4 is 40.9 Å². The molecule has 2 heterocycles. The highest BCUT2D eigenvalue weighted by atomic mass is 35.5. The Kier molecular flexibility index (Phi) is 5.18. The Labute approximate surface area is 154 Å². The first-order valence-corrected chi connectivity index (χ1v) is 8.36. The van der Waals surface area contributed by atoms with Gasteiger partial charge in [-0.1, -0.05) is 11.6 Å². The van der Waals surface area contributed by atoms with E-state index in [1.54, 1.807) is 30.3 Å². The zero-order chi connectivity index (χ0) is 18.7. The van der Waals surface area contributed by atoms with Crippen molar-refractivity contribution in [3.63, 3.8) is 0 Å². The van der Waals surface area contributed by atoms with Crippen molar-refractivity contribution in [1.82, 2.24) is 4.98 Å². The fourth-order valence-electron chi connectivity index (χ4n) is 2.47. The van der Waals surface area contributed by atoms with Crippen LogP contribution >= 0.6 is 11.6 Å². The first-order chi connectivity index (χ1) is 12.4. The minimum Gasteiger partial charge on any atom is -0.449 e. The van der Waals surface area contributed by atoms with E-state index in [9.17, 15) is 14.4 Å². The van der Waals surface area contributed by atoms with Crippen LogP contribution in [0.15, 0.2) is 36.5 Å². The van der Waals surface area contributed by atoms with Crippen LogP contribution in [0.4, 0.5) is 11.5 Å². The molecule has 1 atom stereocenters. The summed E-state index contributed by atoms with van der Waals surface area (Å²) in [5.74, 6) is -0.851. The van der Waals surface area contributed by atoms with Gasteiger partial charge in [-0.25, -0.2) is 9.78 Å². The lowest BCUT2D eigenvalue weighted by Gasteiger charge is -2.18. The largest absolute Gasteiger partial charge is 0.449 e. The summed E-state index contributed by atoms with van der Waals surface area (Å²) in [6, 6.07) is 8.02. The standard InChI is InChI=1S/C18H16ClN3O4/c1-10(17(24)22-15-6-4-13(19)9-20-15)26-18(25)12-2-5-14-11(8-12)3-7-16(23)21-14/h2,4-6,8-10H,3,7H2,1H3,(H,21,23)(H,20,22,24). The quantitative estimate of drug-likeness (QED) is 0.803. The van der Waals surface area contributed by atoms with Crippen molar-refractivity contribution in [3.8, 4) is 0 Å². The maximum absolute atomic E-state index is 12.3. The molecule has 1 aliphatic heterocycles. The van der Waals surface area contributed by atoms with Crippen LogP contribution in [0.5, 0.6) is 0 Å². The number of pyridine rings is 1. The van der Waals surface area contributed by atoms with Crippen molar-refractivity contribution in [2.45, 2.75) is 25.9 Å². The Morgan fingerprint density at radius 1 is 1.27 bits per heavy atom. The number of aromatic nitrogens is 1. The Hall–Kier alpha value is -2.93. The molecule has 1 aliphatic rings. The number of anilines is 2. The van der Waals surface area contributed by atoms with Crippen LogP contribution in [0.2, 0.25) is 5.02 Å². The van der Waals surface area contributed by atoms with E-state index in [0.29, 0.717) is 34.9 Å². The van der Waals surface area contributed by atoms with E-state index in [2.05, 4.69) is 15.6 Å². The lowest BCUT2D eigenvalue weighted by molar-refractivity contribution is -0.123. The Balaban J connectivity index is 1.62. The second-order valence-electron chi connectivity index (χ2n) is 5.82. The molecule has 8 heteroatoms. The number of esters is 1. The van der Waals surface area contributed by atoms with Gasteiger partial charge in [-0.15, -0.1) is 0 Å². The second-order valence-corrected chi connectivity index (χ2v) is 6.25. The lowest BCUT2D eigenvalue weighted by atomic mass is 10.0. The van der Waals surface area contributed by atoms with Gasteiger partial charge in [-0.2, -0.15) is 0 Å². The SMILES string of the molecule is CC(OC(=O)c1ccc2c(c1)CCC(=O)N2)C(=O)Nc1ccc(Cl)cn1. The van der Waals surface area contributed by atoms with Gasteiger partial charge in [0.1, 0.15) is 5.82 Å². The fourth-order valence-corrected chi connectivity index (χ4v) is 2.58. The Bertz CT molecular complexity index is 867. The molecule has 134 valence electrons. The minimum atomic E-state index is -1.00. The number of halogens is 1. The number of nitrogens with zero attached hydrogens (tertiary/aromatic N) is 1. The molecular weight excluding hydrogens is 358 g/mol. The first-order valence-electron chi connectivity index (χ1n) is 7.98. The zero-order valence-electron chi connectivity index (χ0n) is 13.9. The third kappa shape index (κ3) is 4.18. The number of carbonyl (C=O) groups is 3. The molecule has 2 amide bonds. The van der Waals surface area contributed by atoms with Gasteiger partial charge in [-0.3, -0.25) is 9.59 Å². The summed E-state index contributed by atoms with van der Waals surface area (Å²) in [6.45, 7) is 1.47. The molecule has 1 unspecified atom stereocenters. The number of benzene rings is 1. The van der Waals surface area contributed by atoms with Crippen molar-refractivity contribution in [1.29, 1.82) is 0 Å². The van der Waals surface area contributed by atoms with E-state index in [1.165, 1.54) is 13.1 Å². The zero-order valence-corrected chi connectivity index (χ0v) is 14.7. The van der Waals surface area contributed by atoms with Crippen LogP contribution in [0, 0.1) is 0 Å². The maximum atomic E-state index is 12.3. The average Bonchev–Trinajstić information content (AvgIpc) is 2.63. The number of aryl methyl sites for hydroxylation is 1. The van der Waals surface area contributed by atoms with E-state index < -0.39 is 18.0 Å². The molecule has 2 N–H and O–H groups in total. The molecule has 1 aromatic carbocycles. The molecule has 0 spiro atoms. The van der Waals surface area contributed by atoms with Crippen LogP contribution < -0.4 is 10.6 Å². The van der Waals surface area contributed by atoms with Gasteiger partial charge >= 0.3 is 5.97 Å². The van der Waals surface area contributed by atoms with E-state index in [1.807, 2.05) is 0 Å². The highest BCUT2D eigenvalue weighted by molar-refractivity contribution is 6.30. The molecule has 7 nitrogen and oxygen atoms in total. The number of hydrogen-bond donors (Lipinski definition) is 2. The van der Waals surface area contributed by atoms with Gasteiger partial charge in [-0.05, 0) is 49.2 Å². The van der Waals surface area contributed by atoms with Crippen LogP contribution in [0.25, 0.3) is 0 Å². The summed E-state index contributed by atoms with van der Waals surface area (Å²) in [5.41, 5.74) is 1.88. The van der Waals surface area contributed by atoms with Crippen LogP contribution in [-0.2, 0) is 20.7 Å². The molecule has 0 radical (unpaired) electrons. The van der Waals surface area contributed by atoms with Gasteiger partial charge < -0.3 is 15.4 Å². The highest BCUT2D eigenvalue weighted by Crippen LogP contribution is 2.24. The molecule has 0 bridgehead atoms. The van der Waals surface area contributed by atoms with Gasteiger partial charge in [0.05, 0.1) is 10.6 Å². The number of fused-ring (bicyclic) bond motifs is 1.